The normalized spacial score (nSPS) is 11.5. The van der Waals surface area contributed by atoms with Gasteiger partial charge in [-0.1, -0.05) is 15.9 Å². The molecule has 0 atom stereocenters. The van der Waals surface area contributed by atoms with Crippen LogP contribution in [0, 0.1) is 0 Å². The standard InChI is InChI=1S/C15H16BrN5O3/c1-4-24-9-17-13-12(14(22)21(3)15(23)20(13)2)19-18-11-7-5-10(16)6-8-11/h5-9H,4H2,1-3H3/b17-9+,19-18?. The number of benzene rings is 1. The number of azo groups is 1. The number of rotatable bonds is 5. The van der Waals surface area contributed by atoms with Crippen molar-refractivity contribution in [2.75, 3.05) is 6.61 Å². The van der Waals surface area contributed by atoms with Crippen molar-refractivity contribution < 1.29 is 4.74 Å². The lowest BCUT2D eigenvalue weighted by atomic mass is 10.3. The van der Waals surface area contributed by atoms with Crippen LogP contribution >= 0.6 is 15.9 Å². The minimum Gasteiger partial charge on any atom is -0.483 e. The Balaban J connectivity index is 2.56. The monoisotopic (exact) mass is 393 g/mol. The molecule has 0 radical (unpaired) electrons. The summed E-state index contributed by atoms with van der Waals surface area (Å²) in [7, 11) is 2.87. The summed E-state index contributed by atoms with van der Waals surface area (Å²) in [6.07, 6.45) is 1.17. The summed E-state index contributed by atoms with van der Waals surface area (Å²) >= 11 is 3.33. The van der Waals surface area contributed by atoms with Gasteiger partial charge in [-0.3, -0.25) is 13.9 Å². The lowest BCUT2D eigenvalue weighted by Crippen LogP contribution is -2.36. The molecule has 1 heterocycles. The first-order valence-corrected chi connectivity index (χ1v) is 7.86. The fourth-order valence-corrected chi connectivity index (χ4v) is 2.09. The van der Waals surface area contributed by atoms with Gasteiger partial charge < -0.3 is 4.74 Å². The van der Waals surface area contributed by atoms with Gasteiger partial charge in [-0.15, -0.1) is 5.11 Å². The van der Waals surface area contributed by atoms with Crippen LogP contribution in [-0.4, -0.2) is 22.1 Å². The highest BCUT2D eigenvalue weighted by atomic mass is 79.9. The first-order chi connectivity index (χ1) is 11.5. The lowest BCUT2D eigenvalue weighted by Gasteiger charge is -2.08. The van der Waals surface area contributed by atoms with Crippen molar-refractivity contribution in [3.63, 3.8) is 0 Å². The van der Waals surface area contributed by atoms with Crippen molar-refractivity contribution in [3.8, 4) is 0 Å². The molecule has 24 heavy (non-hydrogen) atoms. The van der Waals surface area contributed by atoms with E-state index in [2.05, 4.69) is 31.2 Å². The van der Waals surface area contributed by atoms with Gasteiger partial charge in [0.15, 0.2) is 17.9 Å². The Hall–Kier alpha value is -2.55. The van der Waals surface area contributed by atoms with Gasteiger partial charge in [0.05, 0.1) is 12.3 Å². The third-order valence-corrected chi connectivity index (χ3v) is 3.65. The first kappa shape index (κ1) is 17.8. The van der Waals surface area contributed by atoms with Gasteiger partial charge in [-0.2, -0.15) is 5.11 Å². The molecule has 2 aromatic rings. The van der Waals surface area contributed by atoms with Crippen LogP contribution < -0.4 is 11.2 Å². The van der Waals surface area contributed by atoms with Crippen molar-refractivity contribution in [2.45, 2.75) is 6.92 Å². The van der Waals surface area contributed by atoms with E-state index in [4.69, 9.17) is 4.74 Å². The summed E-state index contributed by atoms with van der Waals surface area (Å²) in [5, 5.41) is 8.03. The van der Waals surface area contributed by atoms with Gasteiger partial charge in [-0.25, -0.2) is 9.79 Å². The largest absolute Gasteiger partial charge is 0.483 e. The fourth-order valence-electron chi connectivity index (χ4n) is 1.83. The topological polar surface area (TPSA) is 90.3 Å². The SMILES string of the molecule is CCO/C=N/c1c(N=Nc2ccc(Br)cc2)c(=O)n(C)c(=O)n1C. The van der Waals surface area contributed by atoms with E-state index < -0.39 is 11.2 Å². The van der Waals surface area contributed by atoms with Crippen molar-refractivity contribution in [1.29, 1.82) is 0 Å². The average molecular weight is 394 g/mol. The molecule has 0 aliphatic heterocycles. The molecule has 1 aromatic carbocycles. The Labute approximate surface area is 146 Å². The molecule has 0 saturated heterocycles. The number of nitrogens with zero attached hydrogens (tertiary/aromatic N) is 5. The molecule has 0 aliphatic rings. The molecule has 0 aliphatic carbocycles. The number of aromatic nitrogens is 2. The fraction of sp³-hybridized carbons (Fsp3) is 0.267. The van der Waals surface area contributed by atoms with Crippen molar-refractivity contribution in [1.82, 2.24) is 9.13 Å². The molecule has 126 valence electrons. The van der Waals surface area contributed by atoms with Crippen molar-refractivity contribution >= 4 is 39.5 Å². The molecule has 8 nitrogen and oxygen atoms in total. The Morgan fingerprint density at radius 3 is 2.42 bits per heavy atom. The van der Waals surface area contributed by atoms with Gasteiger partial charge in [0.2, 0.25) is 0 Å². The van der Waals surface area contributed by atoms with Gasteiger partial charge in [0, 0.05) is 18.6 Å². The molecule has 0 N–H and O–H groups in total. The van der Waals surface area contributed by atoms with Gasteiger partial charge in [0.1, 0.15) is 0 Å². The average Bonchev–Trinajstić information content (AvgIpc) is 2.58. The van der Waals surface area contributed by atoms with Crippen LogP contribution in [-0.2, 0) is 18.8 Å². The maximum Gasteiger partial charge on any atom is 0.332 e. The molecule has 0 unspecified atom stereocenters. The summed E-state index contributed by atoms with van der Waals surface area (Å²) in [6.45, 7) is 2.21. The maximum absolute atomic E-state index is 12.3. The van der Waals surface area contributed by atoms with E-state index in [1.54, 1.807) is 31.2 Å². The molecule has 1 aromatic heterocycles. The Bertz CT molecular complexity index is 897. The third kappa shape index (κ3) is 3.85. The minimum absolute atomic E-state index is 0.0431. The third-order valence-electron chi connectivity index (χ3n) is 3.12. The van der Waals surface area contributed by atoms with E-state index in [0.717, 1.165) is 9.04 Å². The summed E-state index contributed by atoms with van der Waals surface area (Å²) in [5.41, 5.74) is -0.568. The van der Waals surface area contributed by atoms with Crippen molar-refractivity contribution in [3.05, 3.63) is 49.6 Å². The maximum atomic E-state index is 12.3. The van der Waals surface area contributed by atoms with E-state index in [-0.39, 0.29) is 11.5 Å². The van der Waals surface area contributed by atoms with Gasteiger partial charge >= 0.3 is 5.69 Å². The zero-order chi connectivity index (χ0) is 17.7. The van der Waals surface area contributed by atoms with Crippen LogP contribution in [0.1, 0.15) is 6.92 Å². The zero-order valence-electron chi connectivity index (χ0n) is 13.4. The van der Waals surface area contributed by atoms with Crippen molar-refractivity contribution in [2.24, 2.45) is 29.3 Å². The number of ether oxygens (including phenoxy) is 1. The molecular formula is C15H16BrN5O3. The second-order valence-corrected chi connectivity index (χ2v) is 5.66. The number of aliphatic imine (C=N–C) groups is 1. The Kier molecular flexibility index (Phi) is 5.80. The predicted octanol–water partition coefficient (Wildman–Crippen LogP) is 2.96. The molecule has 2 rings (SSSR count). The molecule has 0 fully saturated rings. The van der Waals surface area contributed by atoms with Crippen LogP contribution in [0.25, 0.3) is 0 Å². The summed E-state index contributed by atoms with van der Waals surface area (Å²) in [5.74, 6) is 0.0809. The van der Waals surface area contributed by atoms with Gasteiger partial charge in [0.25, 0.3) is 5.56 Å². The predicted molar refractivity (Wildman–Crippen MR) is 95.0 cm³/mol. The van der Waals surface area contributed by atoms with E-state index in [1.165, 1.54) is 25.1 Å². The number of halogens is 1. The second kappa shape index (κ2) is 7.82. The van der Waals surface area contributed by atoms with E-state index >= 15 is 0 Å². The first-order valence-electron chi connectivity index (χ1n) is 7.07. The highest BCUT2D eigenvalue weighted by Crippen LogP contribution is 2.24. The number of hydrogen-bond donors (Lipinski definition) is 0. The Morgan fingerprint density at radius 2 is 1.79 bits per heavy atom. The van der Waals surface area contributed by atoms with E-state index in [9.17, 15) is 9.59 Å². The Morgan fingerprint density at radius 1 is 1.12 bits per heavy atom. The van der Waals surface area contributed by atoms with Crippen LogP contribution in [0.2, 0.25) is 0 Å². The van der Waals surface area contributed by atoms with Gasteiger partial charge in [-0.05, 0) is 31.2 Å². The molecule has 0 saturated carbocycles. The summed E-state index contributed by atoms with van der Waals surface area (Å²) in [6, 6.07) is 7.09. The number of hydrogen-bond acceptors (Lipinski definition) is 6. The summed E-state index contributed by atoms with van der Waals surface area (Å²) < 4.78 is 8.11. The molecular weight excluding hydrogens is 378 g/mol. The van der Waals surface area contributed by atoms with Crippen LogP contribution in [0.4, 0.5) is 17.2 Å². The molecule has 0 bridgehead atoms. The smallest absolute Gasteiger partial charge is 0.332 e. The van der Waals surface area contributed by atoms with E-state index in [1.807, 2.05) is 0 Å². The lowest BCUT2D eigenvalue weighted by molar-refractivity contribution is 0.343. The molecule has 0 spiro atoms. The quantitative estimate of drug-likeness (QED) is 0.444. The minimum atomic E-state index is -0.581. The van der Waals surface area contributed by atoms with Crippen LogP contribution in [0.3, 0.4) is 0 Å². The highest BCUT2D eigenvalue weighted by Gasteiger charge is 2.15. The van der Waals surface area contributed by atoms with Crippen LogP contribution in [0.5, 0.6) is 0 Å². The molecule has 0 amide bonds. The van der Waals surface area contributed by atoms with E-state index in [0.29, 0.717) is 12.3 Å². The highest BCUT2D eigenvalue weighted by molar-refractivity contribution is 9.10. The molecule has 9 heteroatoms. The zero-order valence-corrected chi connectivity index (χ0v) is 15.0. The second-order valence-electron chi connectivity index (χ2n) is 4.74. The van der Waals surface area contributed by atoms with Crippen LogP contribution in [0.15, 0.2) is 53.5 Å². The summed E-state index contributed by atoms with van der Waals surface area (Å²) in [4.78, 5) is 28.4.